The third-order valence-electron chi connectivity index (χ3n) is 12.2. The summed E-state index contributed by atoms with van der Waals surface area (Å²) in [4.78, 5) is 15.6. The Balaban J connectivity index is 1.14. The summed E-state index contributed by atoms with van der Waals surface area (Å²) in [6.45, 7) is 9.52. The average molecular weight is 726 g/mol. The largest absolute Gasteiger partial charge is 0.456 e. The Morgan fingerprint density at radius 2 is 1.02 bits per heavy atom. The maximum Gasteiger partial charge on any atom is 0.167 e. The molecule has 0 atom stereocenters. The molecule has 270 valence electrons. The van der Waals surface area contributed by atoms with E-state index >= 15 is 0 Å². The van der Waals surface area contributed by atoms with Gasteiger partial charge in [0.2, 0.25) is 0 Å². The first-order valence-corrected chi connectivity index (χ1v) is 19.5. The lowest BCUT2D eigenvalue weighted by Gasteiger charge is -2.42. The molecule has 10 aromatic rings. The topological polar surface area (TPSA) is 65.0 Å². The summed E-state index contributed by atoms with van der Waals surface area (Å²) in [5.41, 5.74) is 11.3. The van der Waals surface area contributed by atoms with Crippen LogP contribution in [-0.2, 0) is 10.8 Å². The van der Waals surface area contributed by atoms with Crippen LogP contribution in [0.3, 0.4) is 0 Å². The van der Waals surface area contributed by atoms with Crippen LogP contribution in [0.1, 0.15) is 51.7 Å². The van der Waals surface area contributed by atoms with Crippen LogP contribution in [0.4, 0.5) is 0 Å². The quantitative estimate of drug-likeness (QED) is 0.181. The lowest BCUT2D eigenvalue weighted by Crippen LogP contribution is -2.33. The van der Waals surface area contributed by atoms with Gasteiger partial charge in [-0.1, -0.05) is 137 Å². The van der Waals surface area contributed by atoms with Crippen LogP contribution in [0.25, 0.3) is 99.9 Å². The smallest absolute Gasteiger partial charge is 0.167 e. The molecular formula is C51H39N3O2. The van der Waals surface area contributed by atoms with Gasteiger partial charge < -0.3 is 8.83 Å². The normalized spacial score (nSPS) is 14.9. The molecule has 5 heteroatoms. The summed E-state index contributed by atoms with van der Waals surface area (Å²) in [6, 6.07) is 48.7. The van der Waals surface area contributed by atoms with Gasteiger partial charge in [-0.15, -0.1) is 0 Å². The van der Waals surface area contributed by atoms with E-state index < -0.39 is 0 Å². The van der Waals surface area contributed by atoms with E-state index in [0.717, 1.165) is 76.9 Å². The zero-order chi connectivity index (χ0) is 37.8. The van der Waals surface area contributed by atoms with Gasteiger partial charge in [0.25, 0.3) is 0 Å². The fourth-order valence-corrected chi connectivity index (χ4v) is 9.06. The molecule has 0 saturated carbocycles. The summed E-state index contributed by atoms with van der Waals surface area (Å²) in [7, 11) is 0. The molecule has 0 aliphatic heterocycles. The fraction of sp³-hybridized carbons (Fsp3) is 0.157. The molecule has 0 radical (unpaired) electrons. The minimum atomic E-state index is 0.104. The first-order chi connectivity index (χ1) is 27.2. The second-order valence-corrected chi connectivity index (χ2v) is 16.6. The third-order valence-corrected chi connectivity index (χ3v) is 12.2. The van der Waals surface area contributed by atoms with Crippen molar-refractivity contribution in [3.8, 4) is 45.3 Å². The number of hydrogen-bond acceptors (Lipinski definition) is 5. The van der Waals surface area contributed by atoms with Crippen molar-refractivity contribution in [3.63, 3.8) is 0 Å². The van der Waals surface area contributed by atoms with E-state index in [9.17, 15) is 0 Å². The Labute approximate surface area is 324 Å². The molecule has 1 aliphatic carbocycles. The van der Waals surface area contributed by atoms with E-state index in [1.807, 2.05) is 30.3 Å². The predicted octanol–water partition coefficient (Wildman–Crippen LogP) is 13.8. The van der Waals surface area contributed by atoms with Crippen LogP contribution in [0.5, 0.6) is 0 Å². The average Bonchev–Trinajstić information content (AvgIpc) is 3.81. The highest BCUT2D eigenvalue weighted by Crippen LogP contribution is 2.48. The van der Waals surface area contributed by atoms with Gasteiger partial charge in [0.05, 0.1) is 5.56 Å². The SMILES string of the molecule is CC1(C)CCC(C)(C)c2cc(-c3cccc4oc5c(-c6nc(-c7ccc8ccccc8c7)nc(-c7cccc8oc9ccccc9c78)n6)cccc5c34)ccc21. The number of nitrogens with zero attached hydrogens (tertiary/aromatic N) is 3. The Kier molecular flexibility index (Phi) is 7.00. The number of aromatic nitrogens is 3. The lowest BCUT2D eigenvalue weighted by atomic mass is 9.63. The Bertz CT molecular complexity index is 3220. The van der Waals surface area contributed by atoms with Gasteiger partial charge in [-0.2, -0.15) is 0 Å². The molecule has 3 heterocycles. The molecule has 0 saturated heterocycles. The second kappa shape index (κ2) is 12.0. The van der Waals surface area contributed by atoms with Crippen LogP contribution in [-0.4, -0.2) is 15.0 Å². The van der Waals surface area contributed by atoms with E-state index in [-0.39, 0.29) is 10.8 Å². The predicted molar refractivity (Wildman–Crippen MR) is 229 cm³/mol. The first-order valence-electron chi connectivity index (χ1n) is 19.5. The number of para-hydroxylation sites is 2. The first kappa shape index (κ1) is 32.8. The minimum Gasteiger partial charge on any atom is -0.456 e. The van der Waals surface area contributed by atoms with Gasteiger partial charge in [0, 0.05) is 32.7 Å². The molecule has 0 spiro atoms. The summed E-state index contributed by atoms with van der Waals surface area (Å²) in [5, 5.41) is 6.41. The van der Waals surface area contributed by atoms with Crippen LogP contribution in [0.15, 0.2) is 148 Å². The van der Waals surface area contributed by atoms with Crippen molar-refractivity contribution in [2.75, 3.05) is 0 Å². The molecule has 1 aliphatic rings. The van der Waals surface area contributed by atoms with E-state index in [4.69, 9.17) is 23.8 Å². The second-order valence-electron chi connectivity index (χ2n) is 16.6. The number of furan rings is 2. The standard InChI is InChI=1S/C51H39N3O2/c1-50(2)26-27-51(3,4)40-29-32(24-25-39(40)50)34-15-10-21-43-44(34)36-16-9-18-38(46(36)56-43)49-53-47(33-23-22-30-12-5-6-13-31(30)28-33)52-48(54-49)37-17-11-20-42-45(37)35-14-7-8-19-41(35)55-42/h5-25,28-29H,26-27H2,1-4H3. The third kappa shape index (κ3) is 5.04. The van der Waals surface area contributed by atoms with Crippen LogP contribution in [0, 0.1) is 0 Å². The van der Waals surface area contributed by atoms with E-state index in [2.05, 4.69) is 137 Å². The maximum absolute atomic E-state index is 6.84. The van der Waals surface area contributed by atoms with Crippen molar-refractivity contribution >= 4 is 54.6 Å². The number of hydrogen-bond donors (Lipinski definition) is 0. The summed E-state index contributed by atoms with van der Waals surface area (Å²) in [6.07, 6.45) is 2.35. The maximum atomic E-state index is 6.84. The molecular weight excluding hydrogens is 687 g/mol. The molecule has 5 nitrogen and oxygen atoms in total. The molecule has 0 N–H and O–H groups in total. The van der Waals surface area contributed by atoms with Gasteiger partial charge in [0.1, 0.15) is 22.3 Å². The highest BCUT2D eigenvalue weighted by Gasteiger charge is 2.37. The monoisotopic (exact) mass is 725 g/mol. The molecule has 11 rings (SSSR count). The summed E-state index contributed by atoms with van der Waals surface area (Å²) in [5.74, 6) is 1.71. The Morgan fingerprint density at radius 1 is 0.429 bits per heavy atom. The van der Waals surface area contributed by atoms with E-state index in [0.29, 0.717) is 17.5 Å². The molecule has 7 aromatic carbocycles. The van der Waals surface area contributed by atoms with E-state index in [1.165, 1.54) is 29.5 Å². The van der Waals surface area contributed by atoms with Crippen molar-refractivity contribution in [1.82, 2.24) is 15.0 Å². The van der Waals surface area contributed by atoms with Gasteiger partial charge in [-0.25, -0.2) is 15.0 Å². The molecule has 3 aromatic heterocycles. The molecule has 0 bridgehead atoms. The zero-order valence-corrected chi connectivity index (χ0v) is 31.9. The zero-order valence-electron chi connectivity index (χ0n) is 31.9. The Hall–Kier alpha value is -6.59. The molecule has 0 amide bonds. The number of fused-ring (bicyclic) bond motifs is 8. The highest BCUT2D eigenvalue weighted by atomic mass is 16.3. The fourth-order valence-electron chi connectivity index (χ4n) is 9.06. The number of benzene rings is 7. The van der Waals surface area contributed by atoms with Crippen molar-refractivity contribution < 1.29 is 8.83 Å². The van der Waals surface area contributed by atoms with Crippen molar-refractivity contribution in [1.29, 1.82) is 0 Å². The molecule has 0 fully saturated rings. The highest BCUT2D eigenvalue weighted by molar-refractivity contribution is 6.15. The van der Waals surface area contributed by atoms with Gasteiger partial charge >= 0.3 is 0 Å². The van der Waals surface area contributed by atoms with Crippen molar-refractivity contribution in [2.24, 2.45) is 0 Å². The molecule has 0 unspecified atom stereocenters. The van der Waals surface area contributed by atoms with E-state index in [1.54, 1.807) is 0 Å². The van der Waals surface area contributed by atoms with Crippen LogP contribution >= 0.6 is 0 Å². The van der Waals surface area contributed by atoms with Crippen LogP contribution < -0.4 is 0 Å². The van der Waals surface area contributed by atoms with Gasteiger partial charge in [-0.3, -0.25) is 0 Å². The number of rotatable bonds is 4. The van der Waals surface area contributed by atoms with Crippen molar-refractivity contribution in [3.05, 3.63) is 151 Å². The minimum absolute atomic E-state index is 0.104. The van der Waals surface area contributed by atoms with Crippen molar-refractivity contribution in [2.45, 2.75) is 51.4 Å². The summed E-state index contributed by atoms with van der Waals surface area (Å²) >= 11 is 0. The Morgan fingerprint density at radius 3 is 1.86 bits per heavy atom. The molecule has 56 heavy (non-hydrogen) atoms. The summed E-state index contributed by atoms with van der Waals surface area (Å²) < 4.78 is 13.1. The van der Waals surface area contributed by atoms with Gasteiger partial charge in [-0.05, 0) is 87.0 Å². The van der Waals surface area contributed by atoms with Gasteiger partial charge in [0.15, 0.2) is 17.5 Å². The lowest BCUT2D eigenvalue weighted by molar-refractivity contribution is 0.332. The van der Waals surface area contributed by atoms with Crippen LogP contribution in [0.2, 0.25) is 0 Å².